The molecule has 19 heavy (non-hydrogen) atoms. The number of alkyl halides is 3. The molecule has 2 rings (SSSR count). The van der Waals surface area contributed by atoms with E-state index in [2.05, 4.69) is 34.6 Å². The normalized spacial score (nSPS) is 21.1. The summed E-state index contributed by atoms with van der Waals surface area (Å²) in [7, 11) is 0. The van der Waals surface area contributed by atoms with Crippen molar-refractivity contribution in [2.45, 2.75) is 26.4 Å². The number of anilines is 2. The molecule has 0 spiro atoms. The van der Waals surface area contributed by atoms with Gasteiger partial charge in [-0.2, -0.15) is 13.2 Å². The van der Waals surface area contributed by atoms with Crippen LogP contribution in [0.5, 0.6) is 0 Å². The molecule has 1 heterocycles. The molecule has 8 heteroatoms. The van der Waals surface area contributed by atoms with Gasteiger partial charge in [-0.3, -0.25) is 0 Å². The molecule has 1 aromatic heterocycles. The highest BCUT2D eigenvalue weighted by Gasteiger charge is 2.45. The van der Waals surface area contributed by atoms with E-state index in [9.17, 15) is 13.2 Å². The van der Waals surface area contributed by atoms with E-state index in [-0.39, 0.29) is 17.1 Å². The third-order valence-electron chi connectivity index (χ3n) is 3.37. The Morgan fingerprint density at radius 2 is 1.95 bits per heavy atom. The fraction of sp³-hybridized carbons (Fsp3) is 0.636. The van der Waals surface area contributed by atoms with Gasteiger partial charge in [-0.15, -0.1) is 0 Å². The summed E-state index contributed by atoms with van der Waals surface area (Å²) in [5, 5.41) is 2.90. The molecular weight excluding hydrogens is 259 g/mol. The Morgan fingerprint density at radius 3 is 2.42 bits per heavy atom. The van der Waals surface area contributed by atoms with E-state index in [1.54, 1.807) is 0 Å². The fourth-order valence-electron chi connectivity index (χ4n) is 1.89. The molecule has 1 aromatic rings. The average Bonchev–Trinajstić information content (AvgIpc) is 2.93. The van der Waals surface area contributed by atoms with E-state index < -0.39 is 12.0 Å². The molecule has 0 radical (unpaired) electrons. The smallest absolute Gasteiger partial charge is 0.370 e. The van der Waals surface area contributed by atoms with Crippen molar-refractivity contribution < 1.29 is 13.2 Å². The third kappa shape index (κ3) is 3.25. The van der Waals surface area contributed by atoms with Gasteiger partial charge in [-0.1, -0.05) is 13.8 Å². The lowest BCUT2D eigenvalue weighted by molar-refractivity contribution is -0.144. The third-order valence-corrected chi connectivity index (χ3v) is 3.37. The van der Waals surface area contributed by atoms with Gasteiger partial charge in [0.2, 0.25) is 5.82 Å². The molecule has 1 aliphatic carbocycles. The standard InChI is InChI=1S/C11H16F3N5/c1-10(2)4-6(10)5-16-7-3-8(19-15)18-9(17-7)11(12,13)14/h3,6H,4-5,15H2,1-2H3,(H2,16,17,18,19). The van der Waals surface area contributed by atoms with E-state index in [1.165, 1.54) is 6.07 Å². The number of nitrogens with one attached hydrogen (secondary N) is 2. The number of hydrogen-bond donors (Lipinski definition) is 3. The predicted molar refractivity (Wildman–Crippen MR) is 65.2 cm³/mol. The summed E-state index contributed by atoms with van der Waals surface area (Å²) in [5.41, 5.74) is 2.36. The molecule has 0 aliphatic heterocycles. The molecule has 106 valence electrons. The number of hydrazine groups is 1. The van der Waals surface area contributed by atoms with Crippen LogP contribution in [-0.4, -0.2) is 16.5 Å². The van der Waals surface area contributed by atoms with Gasteiger partial charge >= 0.3 is 6.18 Å². The SMILES string of the molecule is CC1(C)CC1CNc1cc(NN)nc(C(F)(F)F)n1. The van der Waals surface area contributed by atoms with Crippen molar-refractivity contribution in [3.63, 3.8) is 0 Å². The summed E-state index contributed by atoms with van der Waals surface area (Å²) < 4.78 is 37.8. The molecule has 1 saturated carbocycles. The highest BCUT2D eigenvalue weighted by atomic mass is 19.4. The summed E-state index contributed by atoms with van der Waals surface area (Å²) >= 11 is 0. The Bertz CT molecular complexity index is 472. The lowest BCUT2D eigenvalue weighted by Gasteiger charge is -2.11. The predicted octanol–water partition coefficient (Wildman–Crippen LogP) is 2.24. The number of rotatable bonds is 4. The van der Waals surface area contributed by atoms with Crippen molar-refractivity contribution in [1.29, 1.82) is 0 Å². The first-order valence-electron chi connectivity index (χ1n) is 5.89. The second-order valence-corrected chi connectivity index (χ2v) is 5.37. The van der Waals surface area contributed by atoms with Gasteiger partial charge in [0.25, 0.3) is 0 Å². The first-order chi connectivity index (χ1) is 8.72. The highest BCUT2D eigenvalue weighted by Crippen LogP contribution is 2.51. The summed E-state index contributed by atoms with van der Waals surface area (Å²) in [5.74, 6) is 4.40. The maximum Gasteiger partial charge on any atom is 0.451 e. The zero-order valence-corrected chi connectivity index (χ0v) is 10.7. The van der Waals surface area contributed by atoms with Gasteiger partial charge in [0.05, 0.1) is 0 Å². The minimum atomic E-state index is -4.60. The molecule has 1 unspecified atom stereocenters. The quantitative estimate of drug-likeness (QED) is 0.580. The van der Waals surface area contributed by atoms with Gasteiger partial charge in [0, 0.05) is 12.6 Å². The van der Waals surface area contributed by atoms with Crippen LogP contribution in [0.15, 0.2) is 6.07 Å². The van der Waals surface area contributed by atoms with Crippen LogP contribution in [0.4, 0.5) is 24.8 Å². The maximum atomic E-state index is 12.6. The van der Waals surface area contributed by atoms with E-state index in [0.29, 0.717) is 12.5 Å². The first-order valence-corrected chi connectivity index (χ1v) is 5.89. The monoisotopic (exact) mass is 275 g/mol. The number of nitrogens with zero attached hydrogens (tertiary/aromatic N) is 2. The Kier molecular flexibility index (Phi) is 3.29. The van der Waals surface area contributed by atoms with Crippen molar-refractivity contribution in [1.82, 2.24) is 9.97 Å². The first kappa shape index (κ1) is 13.9. The maximum absolute atomic E-state index is 12.6. The van der Waals surface area contributed by atoms with Gasteiger partial charge in [0.15, 0.2) is 0 Å². The minimum absolute atomic E-state index is 0.0696. The Balaban J connectivity index is 2.11. The molecule has 0 aromatic carbocycles. The number of halogens is 3. The topological polar surface area (TPSA) is 75.9 Å². The molecule has 4 N–H and O–H groups in total. The Hall–Kier alpha value is -1.57. The van der Waals surface area contributed by atoms with Gasteiger partial charge < -0.3 is 10.7 Å². The molecular formula is C11H16F3N5. The molecule has 1 aliphatic rings. The largest absolute Gasteiger partial charge is 0.451 e. The van der Waals surface area contributed by atoms with Crippen molar-refractivity contribution in [3.05, 3.63) is 11.9 Å². The summed E-state index contributed by atoms with van der Waals surface area (Å²) in [6, 6.07) is 1.35. The van der Waals surface area contributed by atoms with Crippen molar-refractivity contribution in [3.8, 4) is 0 Å². The lowest BCUT2D eigenvalue weighted by Crippen LogP contribution is -2.18. The molecule has 5 nitrogen and oxygen atoms in total. The van der Waals surface area contributed by atoms with Crippen LogP contribution in [-0.2, 0) is 6.18 Å². The molecule has 1 atom stereocenters. The van der Waals surface area contributed by atoms with E-state index >= 15 is 0 Å². The summed E-state index contributed by atoms with van der Waals surface area (Å²) in [6.07, 6.45) is -3.54. The van der Waals surface area contributed by atoms with Crippen LogP contribution in [0.1, 0.15) is 26.1 Å². The zero-order valence-electron chi connectivity index (χ0n) is 10.7. The van der Waals surface area contributed by atoms with Crippen LogP contribution in [0.3, 0.4) is 0 Å². The van der Waals surface area contributed by atoms with E-state index in [4.69, 9.17) is 5.84 Å². The van der Waals surface area contributed by atoms with Gasteiger partial charge in [0.1, 0.15) is 11.6 Å². The van der Waals surface area contributed by atoms with E-state index in [0.717, 1.165) is 6.42 Å². The Morgan fingerprint density at radius 1 is 1.37 bits per heavy atom. The second-order valence-electron chi connectivity index (χ2n) is 5.37. The molecule has 0 saturated heterocycles. The van der Waals surface area contributed by atoms with E-state index in [1.807, 2.05) is 0 Å². The van der Waals surface area contributed by atoms with Crippen molar-refractivity contribution in [2.75, 3.05) is 17.3 Å². The number of nitrogens with two attached hydrogens (primary N) is 1. The highest BCUT2D eigenvalue weighted by molar-refractivity contribution is 5.47. The summed E-state index contributed by atoms with van der Waals surface area (Å²) in [6.45, 7) is 4.83. The second kappa shape index (κ2) is 4.52. The van der Waals surface area contributed by atoms with Crippen LogP contribution < -0.4 is 16.6 Å². The van der Waals surface area contributed by atoms with Crippen LogP contribution >= 0.6 is 0 Å². The number of nitrogen functional groups attached to an aromatic ring is 1. The summed E-state index contributed by atoms with van der Waals surface area (Å²) in [4.78, 5) is 6.74. The van der Waals surface area contributed by atoms with Crippen molar-refractivity contribution >= 4 is 11.6 Å². The van der Waals surface area contributed by atoms with Gasteiger partial charge in [-0.25, -0.2) is 15.8 Å². The lowest BCUT2D eigenvalue weighted by atomic mass is 10.1. The molecule has 1 fully saturated rings. The molecule has 0 bridgehead atoms. The van der Waals surface area contributed by atoms with Crippen LogP contribution in [0, 0.1) is 11.3 Å². The van der Waals surface area contributed by atoms with Crippen LogP contribution in [0.25, 0.3) is 0 Å². The van der Waals surface area contributed by atoms with Gasteiger partial charge in [-0.05, 0) is 17.8 Å². The fourth-order valence-corrected chi connectivity index (χ4v) is 1.89. The zero-order chi connectivity index (χ0) is 14.3. The molecule has 0 amide bonds. The Labute approximate surface area is 108 Å². The van der Waals surface area contributed by atoms with Crippen molar-refractivity contribution in [2.24, 2.45) is 17.2 Å². The number of aromatic nitrogens is 2. The number of hydrogen-bond acceptors (Lipinski definition) is 5. The average molecular weight is 275 g/mol. The van der Waals surface area contributed by atoms with Crippen LogP contribution in [0.2, 0.25) is 0 Å². The minimum Gasteiger partial charge on any atom is -0.370 e.